The summed E-state index contributed by atoms with van der Waals surface area (Å²) in [5.74, 6) is 0.855. The minimum Gasteiger partial charge on any atom is -0.497 e. The SMILES string of the molecule is COc1ccc(C(NCC2(O)CCC2)c2ccccc2)cc1. The van der Waals surface area contributed by atoms with E-state index in [2.05, 4.69) is 29.6 Å². The second-order valence-corrected chi connectivity index (χ2v) is 6.08. The number of rotatable bonds is 6. The van der Waals surface area contributed by atoms with Crippen molar-refractivity contribution < 1.29 is 9.84 Å². The maximum Gasteiger partial charge on any atom is 0.118 e. The van der Waals surface area contributed by atoms with Crippen LogP contribution >= 0.6 is 0 Å². The van der Waals surface area contributed by atoms with Crippen molar-refractivity contribution in [1.29, 1.82) is 0 Å². The summed E-state index contributed by atoms with van der Waals surface area (Å²) in [6.45, 7) is 0.624. The molecule has 2 aromatic carbocycles. The van der Waals surface area contributed by atoms with E-state index in [4.69, 9.17) is 4.74 Å². The van der Waals surface area contributed by atoms with Gasteiger partial charge in [-0.3, -0.25) is 0 Å². The number of methoxy groups -OCH3 is 1. The first-order valence-corrected chi connectivity index (χ1v) is 7.85. The second-order valence-electron chi connectivity index (χ2n) is 6.08. The van der Waals surface area contributed by atoms with Crippen LogP contribution in [0.3, 0.4) is 0 Å². The van der Waals surface area contributed by atoms with Gasteiger partial charge in [0.05, 0.1) is 18.8 Å². The van der Waals surface area contributed by atoms with E-state index in [-0.39, 0.29) is 6.04 Å². The van der Waals surface area contributed by atoms with Crippen molar-refractivity contribution in [1.82, 2.24) is 5.32 Å². The molecule has 0 amide bonds. The molecule has 0 radical (unpaired) electrons. The molecule has 0 bridgehead atoms. The highest BCUT2D eigenvalue weighted by atomic mass is 16.5. The van der Waals surface area contributed by atoms with Crippen LogP contribution in [0.5, 0.6) is 5.75 Å². The van der Waals surface area contributed by atoms with Gasteiger partial charge in [-0.1, -0.05) is 42.5 Å². The van der Waals surface area contributed by atoms with Crippen LogP contribution < -0.4 is 10.1 Å². The molecule has 22 heavy (non-hydrogen) atoms. The fourth-order valence-corrected chi connectivity index (χ4v) is 2.92. The Morgan fingerprint density at radius 3 is 2.23 bits per heavy atom. The summed E-state index contributed by atoms with van der Waals surface area (Å²) in [6, 6.07) is 18.5. The zero-order valence-electron chi connectivity index (χ0n) is 13.0. The first kappa shape index (κ1) is 15.1. The van der Waals surface area contributed by atoms with E-state index in [0.29, 0.717) is 6.54 Å². The minimum atomic E-state index is -0.528. The standard InChI is InChI=1S/C19H23NO2/c1-22-17-10-8-16(9-11-17)18(15-6-3-2-4-7-15)20-14-19(21)12-5-13-19/h2-4,6-11,18,20-21H,5,12-14H2,1H3. The van der Waals surface area contributed by atoms with Gasteiger partial charge in [-0.2, -0.15) is 0 Å². The van der Waals surface area contributed by atoms with Crippen LogP contribution in [0.4, 0.5) is 0 Å². The van der Waals surface area contributed by atoms with Crippen molar-refractivity contribution in [3.05, 3.63) is 65.7 Å². The van der Waals surface area contributed by atoms with E-state index < -0.39 is 5.60 Å². The molecule has 0 aliphatic heterocycles. The molecular formula is C19H23NO2. The normalized spacial score (nSPS) is 17.5. The van der Waals surface area contributed by atoms with Gasteiger partial charge in [0.1, 0.15) is 5.75 Å². The predicted molar refractivity (Wildman–Crippen MR) is 88.1 cm³/mol. The lowest BCUT2D eigenvalue weighted by atomic mass is 9.80. The summed E-state index contributed by atoms with van der Waals surface area (Å²) in [5, 5.41) is 13.9. The molecule has 1 saturated carbocycles. The van der Waals surface area contributed by atoms with Crippen LogP contribution in [0.15, 0.2) is 54.6 Å². The van der Waals surface area contributed by atoms with Crippen molar-refractivity contribution >= 4 is 0 Å². The molecule has 0 saturated heterocycles. The fraction of sp³-hybridized carbons (Fsp3) is 0.368. The first-order chi connectivity index (χ1) is 10.7. The zero-order valence-corrected chi connectivity index (χ0v) is 13.0. The van der Waals surface area contributed by atoms with E-state index in [1.165, 1.54) is 11.1 Å². The van der Waals surface area contributed by atoms with E-state index in [1.807, 2.05) is 30.3 Å². The third-order valence-electron chi connectivity index (χ3n) is 4.50. The number of hydrogen-bond donors (Lipinski definition) is 2. The lowest BCUT2D eigenvalue weighted by Gasteiger charge is -2.38. The molecule has 0 aromatic heterocycles. The summed E-state index contributed by atoms with van der Waals surface area (Å²) in [7, 11) is 1.67. The molecule has 1 aliphatic rings. The molecule has 1 atom stereocenters. The van der Waals surface area contributed by atoms with Gasteiger partial charge in [-0.25, -0.2) is 0 Å². The van der Waals surface area contributed by atoms with Gasteiger partial charge in [0.2, 0.25) is 0 Å². The Kier molecular flexibility index (Phi) is 4.46. The van der Waals surface area contributed by atoms with Crippen LogP contribution in [0.2, 0.25) is 0 Å². The molecule has 0 heterocycles. The molecule has 3 nitrogen and oxygen atoms in total. The molecule has 1 fully saturated rings. The van der Waals surface area contributed by atoms with Crippen molar-refractivity contribution in [2.45, 2.75) is 30.9 Å². The lowest BCUT2D eigenvalue weighted by molar-refractivity contribution is -0.0325. The van der Waals surface area contributed by atoms with Crippen molar-refractivity contribution in [3.8, 4) is 5.75 Å². The molecule has 3 rings (SSSR count). The first-order valence-electron chi connectivity index (χ1n) is 7.85. The molecule has 1 unspecified atom stereocenters. The molecular weight excluding hydrogens is 274 g/mol. The van der Waals surface area contributed by atoms with Crippen molar-refractivity contribution in [3.63, 3.8) is 0 Å². The summed E-state index contributed by atoms with van der Waals surface area (Å²) in [4.78, 5) is 0. The van der Waals surface area contributed by atoms with Crippen molar-refractivity contribution in [2.75, 3.05) is 13.7 Å². The van der Waals surface area contributed by atoms with Crippen molar-refractivity contribution in [2.24, 2.45) is 0 Å². The Morgan fingerprint density at radius 2 is 1.68 bits per heavy atom. The molecule has 1 aliphatic carbocycles. The summed E-state index contributed by atoms with van der Waals surface area (Å²) >= 11 is 0. The van der Waals surface area contributed by atoms with Gasteiger partial charge >= 0.3 is 0 Å². The molecule has 2 aromatic rings. The van der Waals surface area contributed by atoms with Gasteiger partial charge in [-0.15, -0.1) is 0 Å². The molecule has 3 heteroatoms. The molecule has 0 spiro atoms. The van der Waals surface area contributed by atoms with Gasteiger partial charge in [0.25, 0.3) is 0 Å². The number of hydrogen-bond acceptors (Lipinski definition) is 3. The third kappa shape index (κ3) is 3.32. The summed E-state index contributed by atoms with van der Waals surface area (Å²) in [6.07, 6.45) is 2.91. The van der Waals surface area contributed by atoms with Crippen LogP contribution in [0.25, 0.3) is 0 Å². The Balaban J connectivity index is 1.81. The average Bonchev–Trinajstić information content (AvgIpc) is 2.55. The number of benzene rings is 2. The summed E-state index contributed by atoms with van der Waals surface area (Å²) in [5.41, 5.74) is 1.85. The van der Waals surface area contributed by atoms with Crippen LogP contribution in [-0.4, -0.2) is 24.4 Å². The van der Waals surface area contributed by atoms with Crippen LogP contribution in [-0.2, 0) is 0 Å². The quantitative estimate of drug-likeness (QED) is 0.859. The van der Waals surface area contributed by atoms with Crippen LogP contribution in [0.1, 0.15) is 36.4 Å². The predicted octanol–water partition coefficient (Wildman–Crippen LogP) is 3.29. The number of nitrogens with one attached hydrogen (secondary N) is 1. The Morgan fingerprint density at radius 1 is 1.05 bits per heavy atom. The average molecular weight is 297 g/mol. The Labute approximate surface area is 131 Å². The monoisotopic (exact) mass is 297 g/mol. The maximum absolute atomic E-state index is 10.4. The lowest BCUT2D eigenvalue weighted by Crippen LogP contribution is -2.47. The second kappa shape index (κ2) is 6.51. The van der Waals surface area contributed by atoms with E-state index in [1.54, 1.807) is 7.11 Å². The molecule has 2 N–H and O–H groups in total. The third-order valence-corrected chi connectivity index (χ3v) is 4.50. The smallest absolute Gasteiger partial charge is 0.118 e. The van der Waals surface area contributed by atoms with Gasteiger partial charge < -0.3 is 15.2 Å². The Hall–Kier alpha value is -1.84. The number of aliphatic hydroxyl groups is 1. The minimum absolute atomic E-state index is 0.0803. The van der Waals surface area contributed by atoms with Gasteiger partial charge in [0.15, 0.2) is 0 Å². The summed E-state index contributed by atoms with van der Waals surface area (Å²) < 4.78 is 5.23. The van der Waals surface area contributed by atoms with E-state index in [0.717, 1.165) is 25.0 Å². The maximum atomic E-state index is 10.4. The van der Waals surface area contributed by atoms with Gasteiger partial charge in [-0.05, 0) is 42.5 Å². The van der Waals surface area contributed by atoms with E-state index in [9.17, 15) is 5.11 Å². The Bertz CT molecular complexity index is 591. The number of ether oxygens (including phenoxy) is 1. The molecule has 116 valence electrons. The highest BCUT2D eigenvalue weighted by Crippen LogP contribution is 2.32. The van der Waals surface area contributed by atoms with E-state index >= 15 is 0 Å². The highest BCUT2D eigenvalue weighted by Gasteiger charge is 2.34. The fourth-order valence-electron chi connectivity index (χ4n) is 2.92. The largest absolute Gasteiger partial charge is 0.497 e. The van der Waals surface area contributed by atoms with Crippen LogP contribution in [0, 0.1) is 0 Å². The zero-order chi connectivity index (χ0) is 15.4. The highest BCUT2D eigenvalue weighted by molar-refractivity contribution is 5.35. The van der Waals surface area contributed by atoms with Gasteiger partial charge in [0, 0.05) is 6.54 Å². The topological polar surface area (TPSA) is 41.5 Å².